The van der Waals surface area contributed by atoms with Crippen LogP contribution in [0.25, 0.3) is 77.9 Å². The summed E-state index contributed by atoms with van der Waals surface area (Å²) < 4.78 is 4.26. The Morgan fingerprint density at radius 3 is 2.11 bits per heavy atom. The van der Waals surface area contributed by atoms with Gasteiger partial charge in [0.15, 0.2) is 5.82 Å². The normalized spacial score (nSPS) is 13.5. The van der Waals surface area contributed by atoms with Gasteiger partial charge < -0.3 is 4.57 Å². The standard InChI is InChI=1S/C42H29N5/c1-42(2)34-20-9-6-17-29(34)32-25-38-33(24-35(32)42)30-18-7-10-21-36(30)46(38)28-16-12-15-27(23-28)40-44-41-43-39(26-13-4-3-5-14-26)31-19-8-11-22-37(31)47(41)45-40/h3-25H,1-2H3. The fraction of sp³-hybridized carbons (Fsp3) is 0.0714. The van der Waals surface area contributed by atoms with Crippen molar-refractivity contribution in [3.63, 3.8) is 0 Å². The summed E-state index contributed by atoms with van der Waals surface area (Å²) in [6, 6.07) is 49.5. The predicted octanol–water partition coefficient (Wildman–Crippen LogP) is 10.0. The molecule has 0 bridgehead atoms. The highest BCUT2D eigenvalue weighted by atomic mass is 15.3. The van der Waals surface area contributed by atoms with Gasteiger partial charge >= 0.3 is 0 Å². The molecule has 0 amide bonds. The molecule has 5 nitrogen and oxygen atoms in total. The van der Waals surface area contributed by atoms with Gasteiger partial charge in [0.2, 0.25) is 0 Å². The summed E-state index contributed by atoms with van der Waals surface area (Å²) in [4.78, 5) is 10.0. The second-order valence-corrected chi connectivity index (χ2v) is 13.0. The van der Waals surface area contributed by atoms with Crippen molar-refractivity contribution >= 4 is 38.5 Å². The lowest BCUT2D eigenvalue weighted by Gasteiger charge is -2.21. The lowest BCUT2D eigenvalue weighted by atomic mass is 9.82. The van der Waals surface area contributed by atoms with Crippen molar-refractivity contribution in [3.05, 3.63) is 151 Å². The maximum absolute atomic E-state index is 5.02. The summed E-state index contributed by atoms with van der Waals surface area (Å²) >= 11 is 0. The number of fused-ring (bicyclic) bond motifs is 9. The number of benzene rings is 6. The molecule has 6 aromatic carbocycles. The van der Waals surface area contributed by atoms with Crippen LogP contribution in [0.15, 0.2) is 140 Å². The van der Waals surface area contributed by atoms with Crippen molar-refractivity contribution in [1.29, 1.82) is 0 Å². The molecule has 9 aromatic rings. The molecule has 0 atom stereocenters. The zero-order chi connectivity index (χ0) is 31.3. The smallest absolute Gasteiger partial charge is 0.253 e. The monoisotopic (exact) mass is 603 g/mol. The molecular weight excluding hydrogens is 574 g/mol. The lowest BCUT2D eigenvalue weighted by molar-refractivity contribution is 0.661. The quantitative estimate of drug-likeness (QED) is 0.202. The number of hydrogen-bond acceptors (Lipinski definition) is 3. The summed E-state index contributed by atoms with van der Waals surface area (Å²) in [7, 11) is 0. The first-order valence-electron chi connectivity index (χ1n) is 16.1. The average Bonchev–Trinajstić information content (AvgIpc) is 3.77. The Labute approximate surface area is 271 Å². The molecule has 5 heteroatoms. The van der Waals surface area contributed by atoms with Crippen LogP contribution >= 0.6 is 0 Å². The van der Waals surface area contributed by atoms with E-state index in [9.17, 15) is 0 Å². The molecule has 0 radical (unpaired) electrons. The summed E-state index contributed by atoms with van der Waals surface area (Å²) in [6.45, 7) is 4.68. The van der Waals surface area contributed by atoms with Crippen LogP contribution in [-0.4, -0.2) is 24.1 Å². The van der Waals surface area contributed by atoms with Crippen molar-refractivity contribution in [1.82, 2.24) is 24.1 Å². The average molecular weight is 604 g/mol. The number of hydrogen-bond donors (Lipinski definition) is 0. The van der Waals surface area contributed by atoms with Crippen LogP contribution in [0.5, 0.6) is 0 Å². The Morgan fingerprint density at radius 1 is 0.511 bits per heavy atom. The van der Waals surface area contributed by atoms with Crippen molar-refractivity contribution in [3.8, 4) is 39.5 Å². The summed E-state index contributed by atoms with van der Waals surface area (Å²) in [5, 5.41) is 8.57. The van der Waals surface area contributed by atoms with E-state index in [-0.39, 0.29) is 5.41 Å². The molecule has 0 saturated carbocycles. The Bertz CT molecular complexity index is 2710. The van der Waals surface area contributed by atoms with Gasteiger partial charge in [-0.05, 0) is 58.7 Å². The first-order valence-corrected chi connectivity index (χ1v) is 16.1. The van der Waals surface area contributed by atoms with Crippen LogP contribution < -0.4 is 0 Å². The second kappa shape index (κ2) is 9.47. The van der Waals surface area contributed by atoms with Crippen LogP contribution in [0.1, 0.15) is 25.0 Å². The van der Waals surface area contributed by atoms with Crippen LogP contribution in [0.3, 0.4) is 0 Å². The van der Waals surface area contributed by atoms with Gasteiger partial charge in [-0.1, -0.05) is 117 Å². The first-order chi connectivity index (χ1) is 23.1. The number of aromatic nitrogens is 5. The fourth-order valence-electron chi connectivity index (χ4n) is 7.72. The van der Waals surface area contributed by atoms with E-state index < -0.39 is 0 Å². The van der Waals surface area contributed by atoms with E-state index in [1.165, 1.54) is 44.1 Å². The largest absolute Gasteiger partial charge is 0.309 e. The van der Waals surface area contributed by atoms with Crippen molar-refractivity contribution < 1.29 is 0 Å². The molecule has 1 aliphatic rings. The van der Waals surface area contributed by atoms with Gasteiger partial charge in [0.05, 0.1) is 22.2 Å². The van der Waals surface area contributed by atoms with Gasteiger partial charge in [-0.15, -0.1) is 5.10 Å². The van der Waals surface area contributed by atoms with Gasteiger partial charge in [-0.3, -0.25) is 0 Å². The van der Waals surface area contributed by atoms with Gasteiger partial charge in [0, 0.05) is 38.4 Å². The fourth-order valence-corrected chi connectivity index (χ4v) is 7.72. The third kappa shape index (κ3) is 3.68. The Morgan fingerprint density at radius 2 is 1.23 bits per heavy atom. The molecule has 0 unspecified atom stereocenters. The molecule has 47 heavy (non-hydrogen) atoms. The molecule has 3 aromatic heterocycles. The van der Waals surface area contributed by atoms with E-state index in [2.05, 4.69) is 128 Å². The van der Waals surface area contributed by atoms with E-state index >= 15 is 0 Å². The minimum Gasteiger partial charge on any atom is -0.309 e. The third-order valence-corrected chi connectivity index (χ3v) is 9.97. The van der Waals surface area contributed by atoms with Gasteiger partial charge in [0.25, 0.3) is 5.78 Å². The van der Waals surface area contributed by atoms with Crippen LogP contribution in [0.4, 0.5) is 0 Å². The van der Waals surface area contributed by atoms with Crippen molar-refractivity contribution in [2.75, 3.05) is 0 Å². The first kappa shape index (κ1) is 26.2. The Hall–Kier alpha value is -6.07. The molecule has 0 spiro atoms. The highest BCUT2D eigenvalue weighted by Crippen LogP contribution is 2.51. The maximum atomic E-state index is 5.02. The van der Waals surface area contributed by atoms with Gasteiger partial charge in [-0.25, -0.2) is 4.98 Å². The molecule has 3 heterocycles. The third-order valence-electron chi connectivity index (χ3n) is 9.97. The minimum atomic E-state index is -0.0589. The predicted molar refractivity (Wildman–Crippen MR) is 191 cm³/mol. The SMILES string of the molecule is CC1(C)c2ccccc2-c2cc3c(cc21)c1ccccc1n3-c1cccc(-c2nc3nc(-c4ccccc4)c4ccccc4n3n2)c1. The van der Waals surface area contributed by atoms with E-state index in [0.29, 0.717) is 11.6 Å². The molecule has 222 valence electrons. The molecule has 0 fully saturated rings. The van der Waals surface area contributed by atoms with Gasteiger partial charge in [0.1, 0.15) is 0 Å². The highest BCUT2D eigenvalue weighted by molar-refractivity contribution is 6.11. The lowest BCUT2D eigenvalue weighted by Crippen LogP contribution is -2.14. The van der Waals surface area contributed by atoms with E-state index in [4.69, 9.17) is 15.1 Å². The number of nitrogens with zero attached hydrogens (tertiary/aromatic N) is 5. The molecule has 0 saturated heterocycles. The maximum Gasteiger partial charge on any atom is 0.253 e. The van der Waals surface area contributed by atoms with Gasteiger partial charge in [-0.2, -0.15) is 9.50 Å². The highest BCUT2D eigenvalue weighted by Gasteiger charge is 2.36. The van der Waals surface area contributed by atoms with Crippen molar-refractivity contribution in [2.24, 2.45) is 0 Å². The second-order valence-electron chi connectivity index (χ2n) is 13.0. The van der Waals surface area contributed by atoms with Crippen LogP contribution in [0, 0.1) is 0 Å². The molecule has 10 rings (SSSR count). The Kier molecular flexibility index (Phi) is 5.28. The Balaban J connectivity index is 1.18. The molecular formula is C42H29N5. The number of para-hydroxylation sites is 2. The van der Waals surface area contributed by atoms with Crippen molar-refractivity contribution in [2.45, 2.75) is 19.3 Å². The molecule has 0 N–H and O–H groups in total. The topological polar surface area (TPSA) is 48.0 Å². The van der Waals surface area contributed by atoms with Crippen LogP contribution in [0.2, 0.25) is 0 Å². The summed E-state index contributed by atoms with van der Waals surface area (Å²) in [5.74, 6) is 1.23. The number of rotatable bonds is 3. The zero-order valence-electron chi connectivity index (χ0n) is 26.0. The molecule has 1 aliphatic carbocycles. The van der Waals surface area contributed by atoms with E-state index in [1.807, 2.05) is 34.8 Å². The van der Waals surface area contributed by atoms with E-state index in [1.54, 1.807) is 0 Å². The molecule has 0 aliphatic heterocycles. The van der Waals surface area contributed by atoms with Crippen LogP contribution in [-0.2, 0) is 5.41 Å². The minimum absolute atomic E-state index is 0.0589. The van der Waals surface area contributed by atoms with E-state index in [0.717, 1.165) is 33.4 Å². The summed E-state index contributed by atoms with van der Waals surface area (Å²) in [5.41, 5.74) is 12.7. The summed E-state index contributed by atoms with van der Waals surface area (Å²) in [6.07, 6.45) is 0. The zero-order valence-corrected chi connectivity index (χ0v) is 26.0.